The number of nitrogens with one attached hydrogen (secondary N) is 2. The zero-order chi connectivity index (χ0) is 20.8. The largest absolute Gasteiger partial charge is 0.357 e. The van der Waals surface area contributed by atoms with Crippen molar-refractivity contribution in [1.29, 1.82) is 0 Å². The molecule has 9 heteroatoms. The van der Waals surface area contributed by atoms with Crippen LogP contribution in [0.5, 0.6) is 0 Å². The van der Waals surface area contributed by atoms with E-state index in [2.05, 4.69) is 61.7 Å². The molecule has 4 heterocycles. The van der Waals surface area contributed by atoms with Gasteiger partial charge >= 0.3 is 0 Å². The first-order valence-corrected chi connectivity index (χ1v) is 10.4. The minimum absolute atomic E-state index is 0.539. The van der Waals surface area contributed by atoms with Crippen LogP contribution in [0, 0.1) is 0 Å². The lowest BCUT2D eigenvalue weighted by Crippen LogP contribution is -2.44. The fraction of sp³-hybridized carbons (Fsp3) is 0.429. The van der Waals surface area contributed by atoms with Gasteiger partial charge < -0.3 is 20.4 Å². The van der Waals surface area contributed by atoms with Crippen LogP contribution in [0.3, 0.4) is 0 Å². The summed E-state index contributed by atoms with van der Waals surface area (Å²) in [4.78, 5) is 14.0. The van der Waals surface area contributed by atoms with Crippen molar-refractivity contribution in [2.75, 3.05) is 44.7 Å². The zero-order valence-corrected chi connectivity index (χ0v) is 17.6. The van der Waals surface area contributed by atoms with E-state index in [-0.39, 0.29) is 0 Å². The molecule has 0 saturated carbocycles. The van der Waals surface area contributed by atoms with E-state index in [1.54, 1.807) is 0 Å². The minimum atomic E-state index is 0.539. The first-order valence-electron chi connectivity index (χ1n) is 10.4. The highest BCUT2D eigenvalue weighted by molar-refractivity contribution is 5.79. The number of guanidine groups is 1. The first kappa shape index (κ1) is 20.1. The van der Waals surface area contributed by atoms with Gasteiger partial charge in [0, 0.05) is 45.1 Å². The molecule has 3 aromatic heterocycles. The van der Waals surface area contributed by atoms with Gasteiger partial charge in [-0.1, -0.05) is 12.1 Å². The van der Waals surface area contributed by atoms with Gasteiger partial charge in [-0.15, -0.1) is 10.2 Å². The molecule has 0 unspecified atom stereocenters. The van der Waals surface area contributed by atoms with Crippen molar-refractivity contribution in [3.05, 3.63) is 54.1 Å². The smallest absolute Gasteiger partial charge is 0.191 e. The number of pyridine rings is 2. The molecule has 0 aromatic carbocycles. The van der Waals surface area contributed by atoms with E-state index in [0.717, 1.165) is 61.5 Å². The van der Waals surface area contributed by atoms with Crippen LogP contribution in [0.25, 0.3) is 5.65 Å². The Balaban J connectivity index is 1.36. The van der Waals surface area contributed by atoms with Crippen LogP contribution in [0.2, 0.25) is 0 Å². The van der Waals surface area contributed by atoms with Crippen LogP contribution in [0.1, 0.15) is 18.3 Å². The molecule has 158 valence electrons. The minimum Gasteiger partial charge on any atom is -0.357 e. The van der Waals surface area contributed by atoms with Crippen LogP contribution in [-0.2, 0) is 13.1 Å². The monoisotopic (exact) mass is 407 g/mol. The molecule has 0 atom stereocenters. The Morgan fingerprint density at radius 3 is 2.70 bits per heavy atom. The van der Waals surface area contributed by atoms with Gasteiger partial charge in [-0.25, -0.2) is 9.98 Å². The molecule has 30 heavy (non-hydrogen) atoms. The highest BCUT2D eigenvalue weighted by atomic mass is 15.3. The second-order valence-electron chi connectivity index (χ2n) is 7.41. The van der Waals surface area contributed by atoms with Gasteiger partial charge in [0.2, 0.25) is 0 Å². The number of aromatic nitrogens is 4. The predicted molar refractivity (Wildman–Crippen MR) is 119 cm³/mol. The van der Waals surface area contributed by atoms with Gasteiger partial charge in [0.15, 0.2) is 17.4 Å². The fourth-order valence-corrected chi connectivity index (χ4v) is 3.42. The summed E-state index contributed by atoms with van der Waals surface area (Å²) in [5.74, 6) is 2.63. The van der Waals surface area contributed by atoms with Crippen LogP contribution < -0.4 is 15.5 Å². The lowest BCUT2D eigenvalue weighted by atomic mass is 10.2. The Morgan fingerprint density at radius 2 is 1.93 bits per heavy atom. The maximum Gasteiger partial charge on any atom is 0.191 e. The Bertz CT molecular complexity index is 972. The van der Waals surface area contributed by atoms with Crippen molar-refractivity contribution >= 4 is 17.4 Å². The lowest BCUT2D eigenvalue weighted by molar-refractivity contribution is 0.312. The average molecular weight is 408 g/mol. The number of likely N-dealkylation sites (N-methyl/N-ethyl adjacent to an activating group) is 1. The summed E-state index contributed by atoms with van der Waals surface area (Å²) >= 11 is 0. The highest BCUT2D eigenvalue weighted by Crippen LogP contribution is 2.14. The van der Waals surface area contributed by atoms with Crippen LogP contribution in [0.15, 0.2) is 47.7 Å². The number of nitrogens with zero attached hydrogens (tertiary/aromatic N) is 7. The molecule has 0 amide bonds. The molecule has 3 aromatic rings. The van der Waals surface area contributed by atoms with Gasteiger partial charge in [0.25, 0.3) is 0 Å². The molecule has 0 bridgehead atoms. The highest BCUT2D eigenvalue weighted by Gasteiger charge is 2.15. The predicted octanol–water partition coefficient (Wildman–Crippen LogP) is 1.13. The van der Waals surface area contributed by atoms with Crippen LogP contribution >= 0.6 is 0 Å². The summed E-state index contributed by atoms with van der Waals surface area (Å²) in [6.07, 6.45) is 3.89. The molecule has 2 N–H and O–H groups in total. The van der Waals surface area contributed by atoms with E-state index in [4.69, 9.17) is 4.99 Å². The summed E-state index contributed by atoms with van der Waals surface area (Å²) in [6, 6.07) is 10.1. The van der Waals surface area contributed by atoms with Gasteiger partial charge in [-0.3, -0.25) is 4.40 Å². The lowest BCUT2D eigenvalue weighted by Gasteiger charge is -2.33. The number of rotatable bonds is 6. The van der Waals surface area contributed by atoms with E-state index >= 15 is 0 Å². The van der Waals surface area contributed by atoms with Gasteiger partial charge in [-0.2, -0.15) is 0 Å². The molecule has 1 fully saturated rings. The second kappa shape index (κ2) is 9.53. The zero-order valence-electron chi connectivity index (χ0n) is 17.6. The fourth-order valence-electron chi connectivity index (χ4n) is 3.42. The van der Waals surface area contributed by atoms with E-state index in [0.29, 0.717) is 13.1 Å². The van der Waals surface area contributed by atoms with E-state index < -0.39 is 0 Å². The normalized spacial score (nSPS) is 15.5. The first-order chi connectivity index (χ1) is 14.7. The number of piperazine rings is 1. The van der Waals surface area contributed by atoms with Crippen molar-refractivity contribution in [2.45, 2.75) is 20.0 Å². The molecule has 1 aliphatic heterocycles. The molecule has 4 rings (SSSR count). The standard InChI is InChI=1S/C21H29N9/c1-3-22-21(25-16-20-27-26-19-6-4-5-9-30(19)20)24-15-17-7-8-18(23-14-17)29-12-10-28(2)11-13-29/h4-9,14H,3,10-13,15-16H2,1-2H3,(H2,22,24,25). The number of anilines is 1. The summed E-state index contributed by atoms with van der Waals surface area (Å²) in [6.45, 7) is 8.13. The van der Waals surface area contributed by atoms with Crippen molar-refractivity contribution in [2.24, 2.45) is 4.99 Å². The summed E-state index contributed by atoms with van der Waals surface area (Å²) in [5, 5.41) is 15.1. The van der Waals surface area contributed by atoms with Crippen LogP contribution in [-0.4, -0.2) is 70.2 Å². The Kier molecular flexibility index (Phi) is 6.38. The third-order valence-electron chi connectivity index (χ3n) is 5.20. The molecule has 0 spiro atoms. The van der Waals surface area contributed by atoms with Crippen LogP contribution in [0.4, 0.5) is 5.82 Å². The van der Waals surface area contributed by atoms with Crippen molar-refractivity contribution in [1.82, 2.24) is 35.1 Å². The number of fused-ring (bicyclic) bond motifs is 1. The van der Waals surface area contributed by atoms with E-state index in [1.807, 2.05) is 35.0 Å². The average Bonchev–Trinajstić information content (AvgIpc) is 3.20. The van der Waals surface area contributed by atoms with Crippen molar-refractivity contribution < 1.29 is 0 Å². The molecular formula is C21H29N9. The van der Waals surface area contributed by atoms with E-state index in [1.165, 1.54) is 0 Å². The van der Waals surface area contributed by atoms with Gasteiger partial charge in [0.1, 0.15) is 5.82 Å². The van der Waals surface area contributed by atoms with Gasteiger partial charge in [0.05, 0.1) is 13.1 Å². The summed E-state index contributed by atoms with van der Waals surface area (Å²) in [5.41, 5.74) is 1.92. The maximum absolute atomic E-state index is 4.69. The molecule has 0 radical (unpaired) electrons. The van der Waals surface area contributed by atoms with Gasteiger partial charge in [-0.05, 0) is 37.7 Å². The molecular weight excluding hydrogens is 378 g/mol. The molecule has 9 nitrogen and oxygen atoms in total. The quantitative estimate of drug-likeness (QED) is 0.468. The Hall–Kier alpha value is -3.20. The summed E-state index contributed by atoms with van der Waals surface area (Å²) in [7, 11) is 2.16. The number of hydrogen-bond acceptors (Lipinski definition) is 6. The number of aliphatic imine (C=N–C) groups is 1. The Labute approximate surface area is 176 Å². The second-order valence-corrected chi connectivity index (χ2v) is 7.41. The third kappa shape index (κ3) is 4.85. The topological polar surface area (TPSA) is 86.0 Å². The van der Waals surface area contributed by atoms with E-state index in [9.17, 15) is 0 Å². The van der Waals surface area contributed by atoms with Crippen molar-refractivity contribution in [3.8, 4) is 0 Å². The molecule has 0 aliphatic carbocycles. The summed E-state index contributed by atoms with van der Waals surface area (Å²) < 4.78 is 1.97. The molecule has 1 saturated heterocycles. The molecule has 1 aliphatic rings. The maximum atomic E-state index is 4.69. The Morgan fingerprint density at radius 1 is 1.07 bits per heavy atom. The van der Waals surface area contributed by atoms with Crippen molar-refractivity contribution in [3.63, 3.8) is 0 Å². The SMILES string of the molecule is CCNC(=NCc1ccc(N2CCN(C)CC2)nc1)NCc1nnc2ccccn12. The third-order valence-corrected chi connectivity index (χ3v) is 5.20. The number of hydrogen-bond donors (Lipinski definition) is 2.